The predicted octanol–water partition coefficient (Wildman–Crippen LogP) is 3.76. The van der Waals surface area contributed by atoms with Gasteiger partial charge in [-0.15, -0.1) is 0 Å². The molecule has 0 amide bonds. The average Bonchev–Trinajstić information content (AvgIpc) is 2.62. The van der Waals surface area contributed by atoms with Gasteiger partial charge in [0, 0.05) is 29.6 Å². The zero-order chi connectivity index (χ0) is 18.0. The number of halogens is 2. The largest absolute Gasteiger partial charge is 0.294 e. The quantitative estimate of drug-likeness (QED) is 0.757. The SMILES string of the molecule is O=C(c1ccc(F)cc1)C1CCCN(S(=O)(=O)c2cccc(Cl)c2)C1. The van der Waals surface area contributed by atoms with Gasteiger partial charge in [0.2, 0.25) is 10.0 Å². The third-order valence-electron chi connectivity index (χ3n) is 4.32. The van der Waals surface area contributed by atoms with Crippen molar-refractivity contribution in [3.63, 3.8) is 0 Å². The number of benzene rings is 2. The standard InChI is InChI=1S/C18H17ClFNO3S/c19-15-4-1-5-17(11-15)25(23,24)21-10-2-3-14(12-21)18(22)13-6-8-16(20)9-7-13/h1,4-9,11,14H,2-3,10,12H2. The van der Waals surface area contributed by atoms with Gasteiger partial charge in [-0.25, -0.2) is 12.8 Å². The van der Waals surface area contributed by atoms with E-state index in [-0.39, 0.29) is 17.2 Å². The van der Waals surface area contributed by atoms with Crippen molar-refractivity contribution >= 4 is 27.4 Å². The lowest BCUT2D eigenvalue weighted by Gasteiger charge is -2.31. The van der Waals surface area contributed by atoms with E-state index in [0.29, 0.717) is 30.0 Å². The Kier molecular flexibility index (Phi) is 5.22. The van der Waals surface area contributed by atoms with Crippen LogP contribution in [0.15, 0.2) is 53.4 Å². The van der Waals surface area contributed by atoms with Crippen LogP contribution < -0.4 is 0 Å². The highest BCUT2D eigenvalue weighted by atomic mass is 35.5. The van der Waals surface area contributed by atoms with E-state index in [2.05, 4.69) is 0 Å². The normalized spacial score (nSPS) is 18.9. The van der Waals surface area contributed by atoms with Crippen molar-refractivity contribution in [3.8, 4) is 0 Å². The molecule has 1 saturated heterocycles. The number of ketones is 1. The van der Waals surface area contributed by atoms with Gasteiger partial charge in [0.1, 0.15) is 5.82 Å². The minimum absolute atomic E-state index is 0.116. The van der Waals surface area contributed by atoms with Crippen molar-refractivity contribution in [2.75, 3.05) is 13.1 Å². The Hall–Kier alpha value is -1.76. The maximum absolute atomic E-state index is 13.0. The van der Waals surface area contributed by atoms with E-state index in [1.54, 1.807) is 12.1 Å². The summed E-state index contributed by atoms with van der Waals surface area (Å²) in [7, 11) is -3.70. The molecule has 0 spiro atoms. The number of Topliss-reactive ketones (excluding diaryl/α,β-unsaturated/α-hetero) is 1. The van der Waals surface area contributed by atoms with Gasteiger partial charge in [-0.1, -0.05) is 17.7 Å². The molecule has 1 aliphatic rings. The number of rotatable bonds is 4. The van der Waals surface area contributed by atoms with Crippen LogP contribution in [0, 0.1) is 11.7 Å². The van der Waals surface area contributed by atoms with Crippen LogP contribution in [0.3, 0.4) is 0 Å². The fraction of sp³-hybridized carbons (Fsp3) is 0.278. The summed E-state index contributed by atoms with van der Waals surface area (Å²) in [6.07, 6.45) is 1.20. The second kappa shape index (κ2) is 7.23. The van der Waals surface area contributed by atoms with E-state index in [4.69, 9.17) is 11.6 Å². The molecule has 1 fully saturated rings. The van der Waals surface area contributed by atoms with Crippen molar-refractivity contribution in [2.24, 2.45) is 5.92 Å². The van der Waals surface area contributed by atoms with E-state index in [9.17, 15) is 17.6 Å². The predicted molar refractivity (Wildman–Crippen MR) is 93.7 cm³/mol. The summed E-state index contributed by atoms with van der Waals surface area (Å²) >= 11 is 5.89. The third-order valence-corrected chi connectivity index (χ3v) is 6.41. The van der Waals surface area contributed by atoms with Crippen LogP contribution in [0.5, 0.6) is 0 Å². The van der Waals surface area contributed by atoms with Crippen molar-refractivity contribution in [3.05, 3.63) is 64.9 Å². The van der Waals surface area contributed by atoms with Gasteiger partial charge in [0.15, 0.2) is 5.78 Å². The molecule has 1 aliphatic heterocycles. The topological polar surface area (TPSA) is 54.5 Å². The Morgan fingerprint density at radius 3 is 2.56 bits per heavy atom. The van der Waals surface area contributed by atoms with Crippen LogP contribution in [0.4, 0.5) is 4.39 Å². The Labute approximate surface area is 151 Å². The molecule has 132 valence electrons. The lowest BCUT2D eigenvalue weighted by atomic mass is 9.91. The number of sulfonamides is 1. The van der Waals surface area contributed by atoms with Gasteiger partial charge in [0.05, 0.1) is 4.90 Å². The summed E-state index contributed by atoms with van der Waals surface area (Å²) in [5.41, 5.74) is 0.397. The minimum atomic E-state index is -3.70. The molecule has 1 heterocycles. The maximum atomic E-state index is 13.0. The average molecular weight is 382 g/mol. The van der Waals surface area contributed by atoms with Gasteiger partial charge in [-0.05, 0) is 55.3 Å². The molecule has 0 radical (unpaired) electrons. The number of piperidine rings is 1. The molecule has 7 heteroatoms. The molecule has 0 aromatic heterocycles. The number of hydrogen-bond donors (Lipinski definition) is 0. The van der Waals surface area contributed by atoms with Crippen molar-refractivity contribution in [1.29, 1.82) is 0 Å². The molecule has 2 aromatic rings. The molecule has 25 heavy (non-hydrogen) atoms. The van der Waals surface area contributed by atoms with Gasteiger partial charge in [0.25, 0.3) is 0 Å². The van der Waals surface area contributed by atoms with Crippen molar-refractivity contribution in [2.45, 2.75) is 17.7 Å². The van der Waals surface area contributed by atoms with Crippen LogP contribution in [0.25, 0.3) is 0 Å². The first-order valence-corrected chi connectivity index (χ1v) is 9.75. The molecule has 0 saturated carbocycles. The molecule has 4 nitrogen and oxygen atoms in total. The summed E-state index contributed by atoms with van der Waals surface area (Å²) in [5.74, 6) is -1.01. The summed E-state index contributed by atoms with van der Waals surface area (Å²) < 4.78 is 39.9. The Morgan fingerprint density at radius 1 is 1.16 bits per heavy atom. The third kappa shape index (κ3) is 3.92. The second-order valence-electron chi connectivity index (χ2n) is 6.03. The Balaban J connectivity index is 1.81. The highest BCUT2D eigenvalue weighted by Gasteiger charge is 2.33. The monoisotopic (exact) mass is 381 g/mol. The fourth-order valence-electron chi connectivity index (χ4n) is 3.00. The van der Waals surface area contributed by atoms with Crippen molar-refractivity contribution in [1.82, 2.24) is 4.31 Å². The first kappa shape index (κ1) is 18.0. The highest BCUT2D eigenvalue weighted by molar-refractivity contribution is 7.89. The molecule has 0 bridgehead atoms. The van der Waals surface area contributed by atoms with E-state index in [1.165, 1.54) is 40.7 Å². The lowest BCUT2D eigenvalue weighted by molar-refractivity contribution is 0.0872. The zero-order valence-electron chi connectivity index (χ0n) is 13.4. The van der Waals surface area contributed by atoms with Crippen LogP contribution in [0.1, 0.15) is 23.2 Å². The molecular formula is C18H17ClFNO3S. The van der Waals surface area contributed by atoms with E-state index >= 15 is 0 Å². The van der Waals surface area contributed by atoms with Crippen molar-refractivity contribution < 1.29 is 17.6 Å². The molecular weight excluding hydrogens is 365 g/mol. The van der Waals surface area contributed by atoms with Crippen LogP contribution in [0.2, 0.25) is 5.02 Å². The van der Waals surface area contributed by atoms with Gasteiger partial charge in [-0.3, -0.25) is 4.79 Å². The molecule has 3 rings (SSSR count). The van der Waals surface area contributed by atoms with E-state index in [1.807, 2.05) is 0 Å². The molecule has 0 aliphatic carbocycles. The van der Waals surface area contributed by atoms with Gasteiger partial charge >= 0.3 is 0 Å². The number of carbonyl (C=O) groups is 1. The molecule has 0 N–H and O–H groups in total. The molecule has 1 unspecified atom stereocenters. The molecule has 1 atom stereocenters. The smallest absolute Gasteiger partial charge is 0.243 e. The number of carbonyl (C=O) groups excluding carboxylic acids is 1. The van der Waals surface area contributed by atoms with Crippen LogP contribution >= 0.6 is 11.6 Å². The number of hydrogen-bond acceptors (Lipinski definition) is 3. The first-order valence-electron chi connectivity index (χ1n) is 7.93. The van der Waals surface area contributed by atoms with Crippen LogP contribution in [-0.2, 0) is 10.0 Å². The lowest BCUT2D eigenvalue weighted by Crippen LogP contribution is -2.42. The highest BCUT2D eigenvalue weighted by Crippen LogP contribution is 2.27. The maximum Gasteiger partial charge on any atom is 0.243 e. The van der Waals surface area contributed by atoms with Gasteiger partial charge in [-0.2, -0.15) is 4.31 Å². The summed E-state index contributed by atoms with van der Waals surface area (Å²) in [6.45, 7) is 0.479. The van der Waals surface area contributed by atoms with E-state index in [0.717, 1.165) is 0 Å². The zero-order valence-corrected chi connectivity index (χ0v) is 14.9. The minimum Gasteiger partial charge on any atom is -0.294 e. The van der Waals surface area contributed by atoms with E-state index < -0.39 is 21.8 Å². The fourth-order valence-corrected chi connectivity index (χ4v) is 4.83. The second-order valence-corrected chi connectivity index (χ2v) is 8.41. The molecule has 2 aromatic carbocycles. The number of nitrogens with zero attached hydrogens (tertiary/aromatic N) is 1. The Bertz CT molecular complexity index is 883. The van der Waals surface area contributed by atoms with Crippen LogP contribution in [-0.4, -0.2) is 31.6 Å². The summed E-state index contributed by atoms with van der Waals surface area (Å²) in [5, 5.41) is 0.344. The Morgan fingerprint density at radius 2 is 1.88 bits per heavy atom. The summed E-state index contributed by atoms with van der Waals surface area (Å²) in [6, 6.07) is 11.4. The van der Waals surface area contributed by atoms with Gasteiger partial charge < -0.3 is 0 Å². The first-order chi connectivity index (χ1) is 11.9. The summed E-state index contributed by atoms with van der Waals surface area (Å²) in [4.78, 5) is 12.7.